The first-order chi connectivity index (χ1) is 8.86. The van der Waals surface area contributed by atoms with Gasteiger partial charge in [0.1, 0.15) is 0 Å². The van der Waals surface area contributed by atoms with E-state index in [9.17, 15) is 13.2 Å². The Morgan fingerprint density at radius 1 is 1.26 bits per heavy atom. The Hall–Kier alpha value is -0.750. The number of hydrogen-bond donors (Lipinski definition) is 1. The van der Waals surface area contributed by atoms with Crippen LogP contribution in [0.2, 0.25) is 0 Å². The second-order valence-corrected chi connectivity index (χ2v) is 5.83. The minimum Gasteiger partial charge on any atom is -0.382 e. The Balaban J connectivity index is 2.17. The molecule has 0 unspecified atom stereocenters. The van der Waals surface area contributed by atoms with E-state index >= 15 is 0 Å². The summed E-state index contributed by atoms with van der Waals surface area (Å²) in [7, 11) is 2.02. The smallest absolute Gasteiger partial charge is 0.382 e. The van der Waals surface area contributed by atoms with Gasteiger partial charge in [-0.15, -0.1) is 0 Å². The van der Waals surface area contributed by atoms with E-state index in [0.717, 1.165) is 32.0 Å². The lowest BCUT2D eigenvalue weighted by Crippen LogP contribution is -2.37. The molecule has 1 aliphatic rings. The molecule has 2 nitrogen and oxygen atoms in total. The first-order valence-electron chi connectivity index (χ1n) is 6.18. The molecule has 0 amide bonds. The minimum atomic E-state index is -4.32. The van der Waals surface area contributed by atoms with E-state index in [1.807, 2.05) is 7.05 Å². The SMILES string of the molecule is CN1CCC(Nc2cc(Br)ccc2C(F)(F)F)CC1. The number of hydrogen-bond acceptors (Lipinski definition) is 2. The fraction of sp³-hybridized carbons (Fsp3) is 0.538. The number of likely N-dealkylation sites (tertiary alicyclic amines) is 1. The Bertz CT molecular complexity index is 440. The van der Waals surface area contributed by atoms with Gasteiger partial charge in [-0.2, -0.15) is 13.2 Å². The average molecular weight is 337 g/mol. The van der Waals surface area contributed by atoms with Crippen LogP contribution in [0.15, 0.2) is 22.7 Å². The molecule has 2 rings (SSSR count). The summed E-state index contributed by atoms with van der Waals surface area (Å²) in [6, 6.07) is 4.14. The molecule has 0 bridgehead atoms. The first-order valence-corrected chi connectivity index (χ1v) is 6.97. The predicted molar refractivity (Wildman–Crippen MR) is 73.3 cm³/mol. The molecule has 1 heterocycles. The molecule has 0 spiro atoms. The van der Waals surface area contributed by atoms with E-state index in [1.165, 1.54) is 12.1 Å². The van der Waals surface area contributed by atoms with Crippen molar-refractivity contribution in [1.29, 1.82) is 0 Å². The van der Waals surface area contributed by atoms with Crippen molar-refractivity contribution in [2.24, 2.45) is 0 Å². The normalized spacial score (nSPS) is 18.6. The van der Waals surface area contributed by atoms with Gasteiger partial charge in [-0.3, -0.25) is 0 Å². The number of piperidine rings is 1. The van der Waals surface area contributed by atoms with Crippen molar-refractivity contribution in [1.82, 2.24) is 4.90 Å². The third-order valence-electron chi connectivity index (χ3n) is 3.37. The van der Waals surface area contributed by atoms with Crippen LogP contribution in [-0.4, -0.2) is 31.1 Å². The molecule has 0 atom stereocenters. The number of anilines is 1. The third kappa shape index (κ3) is 3.86. The third-order valence-corrected chi connectivity index (χ3v) is 3.86. The number of halogens is 4. The van der Waals surface area contributed by atoms with Gasteiger partial charge in [-0.05, 0) is 51.2 Å². The van der Waals surface area contributed by atoms with Crippen LogP contribution < -0.4 is 5.32 Å². The lowest BCUT2D eigenvalue weighted by atomic mass is 10.0. The Morgan fingerprint density at radius 3 is 2.47 bits per heavy atom. The molecule has 19 heavy (non-hydrogen) atoms. The Labute approximate surface area is 119 Å². The second-order valence-electron chi connectivity index (χ2n) is 4.91. The van der Waals surface area contributed by atoms with E-state index in [-0.39, 0.29) is 11.7 Å². The zero-order valence-corrected chi connectivity index (χ0v) is 12.2. The highest BCUT2D eigenvalue weighted by Gasteiger charge is 2.34. The highest BCUT2D eigenvalue weighted by Crippen LogP contribution is 2.37. The van der Waals surface area contributed by atoms with Crippen LogP contribution >= 0.6 is 15.9 Å². The number of rotatable bonds is 2. The topological polar surface area (TPSA) is 15.3 Å². The van der Waals surface area contributed by atoms with Gasteiger partial charge in [0.15, 0.2) is 0 Å². The van der Waals surface area contributed by atoms with E-state index in [2.05, 4.69) is 26.1 Å². The lowest BCUT2D eigenvalue weighted by molar-refractivity contribution is -0.137. The van der Waals surface area contributed by atoms with Gasteiger partial charge in [-0.25, -0.2) is 0 Å². The highest BCUT2D eigenvalue weighted by atomic mass is 79.9. The second kappa shape index (κ2) is 5.71. The molecule has 0 saturated carbocycles. The molecule has 1 aromatic carbocycles. The zero-order valence-electron chi connectivity index (χ0n) is 10.6. The molecule has 1 aromatic rings. The summed E-state index contributed by atoms with van der Waals surface area (Å²) in [5.74, 6) is 0. The van der Waals surface area contributed by atoms with Crippen molar-refractivity contribution in [3.8, 4) is 0 Å². The Kier molecular flexibility index (Phi) is 4.40. The number of benzene rings is 1. The maximum absolute atomic E-state index is 12.9. The molecule has 1 aliphatic heterocycles. The van der Waals surface area contributed by atoms with Crippen LogP contribution in [0.4, 0.5) is 18.9 Å². The van der Waals surface area contributed by atoms with Gasteiger partial charge in [0.25, 0.3) is 0 Å². The molecule has 1 fully saturated rings. The van der Waals surface area contributed by atoms with Gasteiger partial charge >= 0.3 is 6.18 Å². The average Bonchev–Trinajstić information content (AvgIpc) is 2.30. The van der Waals surface area contributed by atoms with E-state index in [0.29, 0.717) is 4.47 Å². The van der Waals surface area contributed by atoms with Gasteiger partial charge in [0.05, 0.1) is 5.56 Å². The largest absolute Gasteiger partial charge is 0.418 e. The van der Waals surface area contributed by atoms with Crippen LogP contribution in [0.3, 0.4) is 0 Å². The van der Waals surface area contributed by atoms with Crippen LogP contribution in [-0.2, 0) is 6.18 Å². The summed E-state index contributed by atoms with van der Waals surface area (Å²) in [5.41, 5.74) is -0.439. The van der Waals surface area contributed by atoms with Crippen molar-refractivity contribution in [2.45, 2.75) is 25.1 Å². The van der Waals surface area contributed by atoms with Crippen LogP contribution in [0, 0.1) is 0 Å². The van der Waals surface area contributed by atoms with Crippen LogP contribution in [0.25, 0.3) is 0 Å². The minimum absolute atomic E-state index is 0.103. The van der Waals surface area contributed by atoms with Crippen molar-refractivity contribution in [3.63, 3.8) is 0 Å². The van der Waals surface area contributed by atoms with Gasteiger partial charge in [0.2, 0.25) is 0 Å². The van der Waals surface area contributed by atoms with E-state index < -0.39 is 11.7 Å². The van der Waals surface area contributed by atoms with Gasteiger partial charge in [-0.1, -0.05) is 15.9 Å². The highest BCUT2D eigenvalue weighted by molar-refractivity contribution is 9.10. The first kappa shape index (κ1) is 14.7. The molecule has 0 aliphatic carbocycles. The number of nitrogens with zero attached hydrogens (tertiary/aromatic N) is 1. The molecule has 6 heteroatoms. The number of alkyl halides is 3. The lowest BCUT2D eigenvalue weighted by Gasteiger charge is -2.31. The zero-order chi connectivity index (χ0) is 14.0. The molecule has 0 radical (unpaired) electrons. The monoisotopic (exact) mass is 336 g/mol. The van der Waals surface area contributed by atoms with E-state index in [1.54, 1.807) is 0 Å². The van der Waals surface area contributed by atoms with Crippen molar-refractivity contribution in [2.75, 3.05) is 25.5 Å². The maximum atomic E-state index is 12.9. The van der Waals surface area contributed by atoms with Crippen molar-refractivity contribution >= 4 is 21.6 Å². The summed E-state index contributed by atoms with van der Waals surface area (Å²) in [6.45, 7) is 1.82. The quantitative estimate of drug-likeness (QED) is 0.878. The van der Waals surface area contributed by atoms with Crippen molar-refractivity contribution in [3.05, 3.63) is 28.2 Å². The predicted octanol–water partition coefficient (Wildman–Crippen LogP) is 3.97. The van der Waals surface area contributed by atoms with E-state index in [4.69, 9.17) is 0 Å². The van der Waals surface area contributed by atoms with Gasteiger partial charge < -0.3 is 10.2 Å². The maximum Gasteiger partial charge on any atom is 0.418 e. The summed E-state index contributed by atoms with van der Waals surface area (Å²) < 4.78 is 39.4. The molecular weight excluding hydrogens is 321 g/mol. The molecule has 1 N–H and O–H groups in total. The van der Waals surface area contributed by atoms with Crippen molar-refractivity contribution < 1.29 is 13.2 Å². The fourth-order valence-corrected chi connectivity index (χ4v) is 2.62. The summed E-state index contributed by atoms with van der Waals surface area (Å²) in [5, 5.41) is 3.04. The molecule has 106 valence electrons. The standard InChI is InChI=1S/C13H16BrF3N2/c1-19-6-4-10(5-7-19)18-12-8-9(14)2-3-11(12)13(15,16)17/h2-3,8,10,18H,4-7H2,1H3. The number of nitrogens with one attached hydrogen (secondary N) is 1. The Morgan fingerprint density at radius 2 is 1.89 bits per heavy atom. The summed E-state index contributed by atoms with van der Waals surface area (Å²) >= 11 is 3.22. The molecule has 0 aromatic heterocycles. The fourth-order valence-electron chi connectivity index (χ4n) is 2.26. The molecule has 1 saturated heterocycles. The summed E-state index contributed by atoms with van der Waals surface area (Å²) in [6.07, 6.45) is -2.60. The van der Waals surface area contributed by atoms with Gasteiger partial charge in [0, 0.05) is 16.2 Å². The summed E-state index contributed by atoms with van der Waals surface area (Å²) in [4.78, 5) is 2.18. The van der Waals surface area contributed by atoms with Crippen LogP contribution in [0.1, 0.15) is 18.4 Å². The van der Waals surface area contributed by atoms with Crippen LogP contribution in [0.5, 0.6) is 0 Å². The molecular formula is C13H16BrF3N2.